The van der Waals surface area contributed by atoms with Crippen molar-refractivity contribution < 1.29 is 13.2 Å². The van der Waals surface area contributed by atoms with Gasteiger partial charge < -0.3 is 5.32 Å². The topological polar surface area (TPSA) is 15.3 Å². The lowest BCUT2D eigenvalue weighted by Gasteiger charge is -2.35. The number of halogens is 3. The first-order valence-corrected chi connectivity index (χ1v) is 6.25. The van der Waals surface area contributed by atoms with Gasteiger partial charge in [0, 0.05) is 19.1 Å². The predicted octanol–water partition coefficient (Wildman–Crippen LogP) is 2.65. The number of nitrogens with zero attached hydrogens (tertiary/aromatic N) is 1. The molecule has 0 aromatic rings. The Morgan fingerprint density at radius 1 is 1.24 bits per heavy atom. The Morgan fingerprint density at radius 3 is 2.18 bits per heavy atom. The molecule has 1 unspecified atom stereocenters. The lowest BCUT2D eigenvalue weighted by atomic mass is 9.86. The van der Waals surface area contributed by atoms with Gasteiger partial charge in [0.25, 0.3) is 0 Å². The van der Waals surface area contributed by atoms with Gasteiger partial charge in [-0.25, -0.2) is 0 Å². The fourth-order valence-electron chi connectivity index (χ4n) is 2.19. The minimum atomic E-state index is -4.09. The second-order valence-electron chi connectivity index (χ2n) is 5.45. The molecular weight excluding hydrogens is 229 g/mol. The molecule has 0 bridgehead atoms. The minimum absolute atomic E-state index is 0.0808. The molecule has 0 aromatic carbocycles. The standard InChI is InChI=1S/C12H23F3N2/c1-4-11(2,7-16-3)8-17(10-5-6-10)9-12(13,14)15/h10,16H,4-9H2,1-3H3. The molecule has 0 aromatic heterocycles. The molecule has 1 fully saturated rings. The normalized spacial score (nSPS) is 20.6. The number of rotatable bonds is 7. The second-order valence-corrected chi connectivity index (χ2v) is 5.45. The Hall–Kier alpha value is -0.290. The zero-order chi connectivity index (χ0) is 13.1. The zero-order valence-corrected chi connectivity index (χ0v) is 10.9. The number of hydrogen-bond donors (Lipinski definition) is 1. The maximum Gasteiger partial charge on any atom is 0.401 e. The molecule has 1 rings (SSSR count). The van der Waals surface area contributed by atoms with E-state index in [2.05, 4.69) is 12.2 Å². The fourth-order valence-corrected chi connectivity index (χ4v) is 2.19. The van der Waals surface area contributed by atoms with Gasteiger partial charge in [0.05, 0.1) is 6.54 Å². The summed E-state index contributed by atoms with van der Waals surface area (Å²) in [5.41, 5.74) is -0.0808. The smallest absolute Gasteiger partial charge is 0.319 e. The maximum absolute atomic E-state index is 12.5. The van der Waals surface area contributed by atoms with Crippen molar-refractivity contribution in [3.63, 3.8) is 0 Å². The molecule has 2 nitrogen and oxygen atoms in total. The average Bonchev–Trinajstić information content (AvgIpc) is 2.98. The quantitative estimate of drug-likeness (QED) is 0.749. The first-order chi connectivity index (χ1) is 7.79. The summed E-state index contributed by atoms with van der Waals surface area (Å²) in [6, 6.07) is 0.152. The molecule has 0 saturated heterocycles. The van der Waals surface area contributed by atoms with E-state index >= 15 is 0 Å². The van der Waals surface area contributed by atoms with E-state index in [1.54, 1.807) is 4.90 Å². The van der Waals surface area contributed by atoms with Crippen molar-refractivity contribution in [2.45, 2.75) is 45.3 Å². The van der Waals surface area contributed by atoms with E-state index in [0.29, 0.717) is 6.54 Å². The summed E-state index contributed by atoms with van der Waals surface area (Å²) < 4.78 is 37.5. The largest absolute Gasteiger partial charge is 0.401 e. The summed E-state index contributed by atoms with van der Waals surface area (Å²) >= 11 is 0. The molecule has 0 amide bonds. The lowest BCUT2D eigenvalue weighted by Crippen LogP contribution is -2.45. The number of nitrogens with one attached hydrogen (secondary N) is 1. The van der Waals surface area contributed by atoms with Gasteiger partial charge in [-0.15, -0.1) is 0 Å². The predicted molar refractivity (Wildman–Crippen MR) is 63.0 cm³/mol. The van der Waals surface area contributed by atoms with Crippen LogP contribution in [-0.2, 0) is 0 Å². The van der Waals surface area contributed by atoms with Crippen LogP contribution in [0.5, 0.6) is 0 Å². The van der Waals surface area contributed by atoms with Crippen molar-refractivity contribution in [1.82, 2.24) is 10.2 Å². The third kappa shape index (κ3) is 5.25. The van der Waals surface area contributed by atoms with Gasteiger partial charge in [-0.1, -0.05) is 13.8 Å². The van der Waals surface area contributed by atoms with Gasteiger partial charge in [-0.2, -0.15) is 13.2 Å². The fraction of sp³-hybridized carbons (Fsp3) is 1.00. The number of alkyl halides is 3. The van der Waals surface area contributed by atoms with Gasteiger partial charge in [0.2, 0.25) is 0 Å². The first kappa shape index (κ1) is 14.8. The molecule has 1 saturated carbocycles. The van der Waals surface area contributed by atoms with Crippen molar-refractivity contribution >= 4 is 0 Å². The summed E-state index contributed by atoms with van der Waals surface area (Å²) in [5.74, 6) is 0. The maximum atomic E-state index is 12.5. The van der Waals surface area contributed by atoms with Crippen LogP contribution in [0.15, 0.2) is 0 Å². The van der Waals surface area contributed by atoms with Gasteiger partial charge >= 0.3 is 6.18 Å². The van der Waals surface area contributed by atoms with Crippen LogP contribution in [0.1, 0.15) is 33.1 Å². The molecule has 5 heteroatoms. The molecule has 0 spiro atoms. The molecule has 1 atom stereocenters. The molecule has 17 heavy (non-hydrogen) atoms. The summed E-state index contributed by atoms with van der Waals surface area (Å²) in [6.45, 7) is 4.60. The highest BCUT2D eigenvalue weighted by Gasteiger charge is 2.40. The molecule has 1 aliphatic carbocycles. The van der Waals surface area contributed by atoms with Crippen molar-refractivity contribution in [3.05, 3.63) is 0 Å². The zero-order valence-electron chi connectivity index (χ0n) is 10.9. The Balaban J connectivity index is 2.59. The molecule has 0 aliphatic heterocycles. The van der Waals surface area contributed by atoms with Crippen LogP contribution in [0.2, 0.25) is 0 Å². The summed E-state index contributed by atoms with van der Waals surface area (Å²) in [7, 11) is 1.85. The summed E-state index contributed by atoms with van der Waals surface area (Å²) in [5, 5.41) is 3.08. The van der Waals surface area contributed by atoms with Crippen molar-refractivity contribution in [2.24, 2.45) is 5.41 Å². The van der Waals surface area contributed by atoms with Crippen LogP contribution >= 0.6 is 0 Å². The highest BCUT2D eigenvalue weighted by molar-refractivity contribution is 4.90. The van der Waals surface area contributed by atoms with Crippen LogP contribution in [0.3, 0.4) is 0 Å². The molecule has 0 heterocycles. The number of hydrogen-bond acceptors (Lipinski definition) is 2. The molecular formula is C12H23F3N2. The monoisotopic (exact) mass is 252 g/mol. The van der Waals surface area contributed by atoms with Crippen molar-refractivity contribution in [3.8, 4) is 0 Å². The Kier molecular flexibility index (Phi) is 4.84. The SMILES string of the molecule is CCC(C)(CNC)CN(CC(F)(F)F)C1CC1. The van der Waals surface area contributed by atoms with E-state index in [1.807, 2.05) is 14.0 Å². The van der Waals surface area contributed by atoms with Crippen LogP contribution in [0, 0.1) is 5.41 Å². The van der Waals surface area contributed by atoms with Crippen molar-refractivity contribution in [1.29, 1.82) is 0 Å². The molecule has 102 valence electrons. The van der Waals surface area contributed by atoms with Gasteiger partial charge in [-0.05, 0) is 31.7 Å². The van der Waals surface area contributed by atoms with E-state index in [9.17, 15) is 13.2 Å². The summed E-state index contributed by atoms with van der Waals surface area (Å²) in [6.07, 6.45) is -1.38. The molecule has 1 N–H and O–H groups in total. The van der Waals surface area contributed by atoms with Crippen molar-refractivity contribution in [2.75, 3.05) is 26.7 Å². The van der Waals surface area contributed by atoms with Gasteiger partial charge in [0.15, 0.2) is 0 Å². The van der Waals surface area contributed by atoms with E-state index in [4.69, 9.17) is 0 Å². The average molecular weight is 252 g/mol. The Morgan fingerprint density at radius 2 is 1.82 bits per heavy atom. The minimum Gasteiger partial charge on any atom is -0.319 e. The van der Waals surface area contributed by atoms with E-state index in [1.165, 1.54) is 0 Å². The van der Waals surface area contributed by atoms with Crippen LogP contribution < -0.4 is 5.32 Å². The Bertz CT molecular complexity index is 238. The van der Waals surface area contributed by atoms with Gasteiger partial charge in [0.1, 0.15) is 0 Å². The van der Waals surface area contributed by atoms with E-state index < -0.39 is 12.7 Å². The third-order valence-corrected chi connectivity index (χ3v) is 3.49. The second kappa shape index (κ2) is 5.57. The third-order valence-electron chi connectivity index (χ3n) is 3.49. The van der Waals surface area contributed by atoms with Crippen LogP contribution in [-0.4, -0.2) is 43.8 Å². The first-order valence-electron chi connectivity index (χ1n) is 6.25. The lowest BCUT2D eigenvalue weighted by molar-refractivity contribution is -0.150. The van der Waals surface area contributed by atoms with Crippen LogP contribution in [0.4, 0.5) is 13.2 Å². The molecule has 0 radical (unpaired) electrons. The van der Waals surface area contributed by atoms with E-state index in [-0.39, 0.29) is 11.5 Å². The summed E-state index contributed by atoms with van der Waals surface area (Å²) in [4.78, 5) is 1.61. The van der Waals surface area contributed by atoms with Crippen LogP contribution in [0.25, 0.3) is 0 Å². The molecule has 1 aliphatic rings. The highest BCUT2D eigenvalue weighted by atomic mass is 19.4. The van der Waals surface area contributed by atoms with Gasteiger partial charge in [-0.3, -0.25) is 4.90 Å². The Labute approximate surface area is 102 Å². The van der Waals surface area contributed by atoms with E-state index in [0.717, 1.165) is 25.8 Å². The highest BCUT2D eigenvalue weighted by Crippen LogP contribution is 2.33.